The maximum absolute atomic E-state index is 11.7. The minimum Gasteiger partial charge on any atom is -0.370 e. The minimum atomic E-state index is -0.616. The lowest BCUT2D eigenvalue weighted by atomic mass is 10.3. The molecule has 1 fully saturated rings. The van der Waals surface area contributed by atoms with Gasteiger partial charge in [-0.2, -0.15) is 0 Å². The number of aromatic nitrogens is 1. The van der Waals surface area contributed by atoms with Gasteiger partial charge in [0.15, 0.2) is 0 Å². The van der Waals surface area contributed by atoms with E-state index in [1.165, 1.54) is 11.8 Å². The molecule has 1 unspecified atom stereocenters. The number of pyridine rings is 1. The van der Waals surface area contributed by atoms with Crippen molar-refractivity contribution in [2.24, 2.45) is 5.73 Å². The number of thioether (sulfide) groups is 1. The van der Waals surface area contributed by atoms with Crippen LogP contribution in [-0.2, 0) is 14.4 Å². The molecule has 6 nitrogen and oxygen atoms in total. The van der Waals surface area contributed by atoms with Gasteiger partial charge in [0.25, 0.3) is 0 Å². The van der Waals surface area contributed by atoms with Crippen LogP contribution in [0.2, 0.25) is 0 Å². The number of nitrogens with zero attached hydrogens (tertiary/aromatic N) is 2. The standard InChI is InChI=1S/C12H13N3O3S/c13-8(16)7-12(15-10(17)4-5-11(15)18)19-9-3-1-2-6-14-9/h1-3,6,12H,4-5,7H2,(H2,13,16). The van der Waals surface area contributed by atoms with Crippen LogP contribution in [0.4, 0.5) is 0 Å². The van der Waals surface area contributed by atoms with Gasteiger partial charge in [0.1, 0.15) is 5.37 Å². The van der Waals surface area contributed by atoms with Crippen LogP contribution in [0.15, 0.2) is 29.4 Å². The molecule has 1 aromatic heterocycles. The summed E-state index contributed by atoms with van der Waals surface area (Å²) in [6, 6.07) is 5.31. The van der Waals surface area contributed by atoms with Gasteiger partial charge in [-0.1, -0.05) is 17.8 Å². The second kappa shape index (κ2) is 5.83. The van der Waals surface area contributed by atoms with Crippen molar-refractivity contribution in [1.29, 1.82) is 0 Å². The van der Waals surface area contributed by atoms with E-state index >= 15 is 0 Å². The van der Waals surface area contributed by atoms with Crippen LogP contribution in [0.1, 0.15) is 19.3 Å². The fourth-order valence-electron chi connectivity index (χ4n) is 1.83. The van der Waals surface area contributed by atoms with Gasteiger partial charge >= 0.3 is 0 Å². The average Bonchev–Trinajstić information content (AvgIpc) is 2.69. The number of carbonyl (C=O) groups is 3. The summed E-state index contributed by atoms with van der Waals surface area (Å²) in [6.45, 7) is 0. The zero-order chi connectivity index (χ0) is 13.8. The summed E-state index contributed by atoms with van der Waals surface area (Å²) in [6.07, 6.45) is 1.92. The Morgan fingerprint density at radius 3 is 2.58 bits per heavy atom. The van der Waals surface area contributed by atoms with E-state index in [4.69, 9.17) is 5.73 Å². The number of imide groups is 1. The maximum atomic E-state index is 11.7. The number of nitrogens with two attached hydrogens (primary N) is 1. The van der Waals surface area contributed by atoms with Gasteiger partial charge in [0, 0.05) is 19.0 Å². The number of hydrogen-bond donors (Lipinski definition) is 1. The summed E-state index contributed by atoms with van der Waals surface area (Å²) >= 11 is 1.19. The molecule has 19 heavy (non-hydrogen) atoms. The summed E-state index contributed by atoms with van der Waals surface area (Å²) in [7, 11) is 0. The van der Waals surface area contributed by atoms with Gasteiger partial charge < -0.3 is 5.73 Å². The third-order valence-electron chi connectivity index (χ3n) is 2.65. The largest absolute Gasteiger partial charge is 0.370 e. The minimum absolute atomic E-state index is 0.0707. The number of amides is 3. The van der Waals surface area contributed by atoms with Crippen molar-refractivity contribution >= 4 is 29.5 Å². The number of likely N-dealkylation sites (tertiary alicyclic amines) is 1. The molecule has 1 saturated heterocycles. The summed E-state index contributed by atoms with van der Waals surface area (Å²) in [4.78, 5) is 39.8. The van der Waals surface area contributed by atoms with E-state index in [1.807, 2.05) is 0 Å². The van der Waals surface area contributed by atoms with Gasteiger partial charge in [-0.3, -0.25) is 19.3 Å². The van der Waals surface area contributed by atoms with E-state index in [2.05, 4.69) is 4.98 Å². The van der Waals surface area contributed by atoms with Crippen LogP contribution in [0.3, 0.4) is 0 Å². The molecule has 1 aliphatic heterocycles. The van der Waals surface area contributed by atoms with Crippen molar-refractivity contribution < 1.29 is 14.4 Å². The molecule has 2 heterocycles. The molecule has 0 radical (unpaired) electrons. The molecule has 0 aliphatic carbocycles. The Labute approximate surface area is 114 Å². The van der Waals surface area contributed by atoms with Crippen molar-refractivity contribution in [3.05, 3.63) is 24.4 Å². The van der Waals surface area contributed by atoms with E-state index in [1.54, 1.807) is 24.4 Å². The Morgan fingerprint density at radius 1 is 1.37 bits per heavy atom. The van der Waals surface area contributed by atoms with E-state index < -0.39 is 11.3 Å². The highest BCUT2D eigenvalue weighted by Gasteiger charge is 2.36. The Balaban J connectivity index is 2.18. The molecular formula is C12H13N3O3S. The number of carbonyl (C=O) groups excluding carboxylic acids is 3. The Bertz CT molecular complexity index is 490. The summed E-state index contributed by atoms with van der Waals surface area (Å²) in [5.74, 6) is -1.08. The van der Waals surface area contributed by atoms with Crippen LogP contribution in [0.25, 0.3) is 0 Å². The second-order valence-electron chi connectivity index (χ2n) is 4.07. The predicted octanol–water partition coefficient (Wildman–Crippen LogP) is 0.524. The molecule has 0 spiro atoms. The fraction of sp³-hybridized carbons (Fsp3) is 0.333. The summed E-state index contributed by atoms with van der Waals surface area (Å²) < 4.78 is 0. The highest BCUT2D eigenvalue weighted by molar-refractivity contribution is 7.99. The zero-order valence-corrected chi connectivity index (χ0v) is 10.9. The van der Waals surface area contributed by atoms with Gasteiger partial charge in [0.2, 0.25) is 17.7 Å². The van der Waals surface area contributed by atoms with Crippen molar-refractivity contribution in [2.75, 3.05) is 0 Å². The number of primary amides is 1. The third kappa shape index (κ3) is 3.31. The second-order valence-corrected chi connectivity index (χ2v) is 5.27. The Hall–Kier alpha value is -1.89. The van der Waals surface area contributed by atoms with Crippen LogP contribution in [0.5, 0.6) is 0 Å². The summed E-state index contributed by atoms with van der Waals surface area (Å²) in [5.41, 5.74) is 5.18. The normalized spacial score (nSPS) is 16.7. The van der Waals surface area contributed by atoms with E-state index in [-0.39, 0.29) is 31.1 Å². The van der Waals surface area contributed by atoms with Gasteiger partial charge in [-0.05, 0) is 12.1 Å². The average molecular weight is 279 g/mol. The topological polar surface area (TPSA) is 93.4 Å². The Morgan fingerprint density at radius 2 is 2.05 bits per heavy atom. The van der Waals surface area contributed by atoms with Crippen molar-refractivity contribution in [3.8, 4) is 0 Å². The quantitative estimate of drug-likeness (QED) is 0.626. The van der Waals surface area contributed by atoms with Crippen molar-refractivity contribution in [1.82, 2.24) is 9.88 Å². The number of hydrogen-bond acceptors (Lipinski definition) is 5. The van der Waals surface area contributed by atoms with Crippen molar-refractivity contribution in [3.63, 3.8) is 0 Å². The summed E-state index contributed by atoms with van der Waals surface area (Å²) in [5, 5.41) is 0.0242. The van der Waals surface area contributed by atoms with Crippen LogP contribution >= 0.6 is 11.8 Å². The number of rotatable bonds is 5. The molecule has 1 aliphatic rings. The Kier molecular flexibility index (Phi) is 4.16. The monoisotopic (exact) mass is 279 g/mol. The lowest BCUT2D eigenvalue weighted by Gasteiger charge is -2.24. The molecular weight excluding hydrogens is 266 g/mol. The first-order chi connectivity index (χ1) is 9.08. The van der Waals surface area contributed by atoms with E-state index in [0.717, 1.165) is 4.90 Å². The molecule has 7 heteroatoms. The molecule has 0 saturated carbocycles. The first kappa shape index (κ1) is 13.5. The molecule has 0 aromatic carbocycles. The SMILES string of the molecule is NC(=O)CC(Sc1ccccn1)N1C(=O)CCC1=O. The maximum Gasteiger partial charge on any atom is 0.230 e. The molecule has 2 N–H and O–H groups in total. The van der Waals surface area contributed by atoms with Crippen molar-refractivity contribution in [2.45, 2.75) is 29.7 Å². The van der Waals surface area contributed by atoms with E-state index in [0.29, 0.717) is 5.03 Å². The molecule has 1 atom stereocenters. The lowest BCUT2D eigenvalue weighted by Crippen LogP contribution is -2.39. The fourth-order valence-corrected chi connectivity index (χ4v) is 2.97. The van der Waals surface area contributed by atoms with Gasteiger partial charge in [-0.25, -0.2) is 4.98 Å². The highest BCUT2D eigenvalue weighted by atomic mass is 32.2. The molecule has 1 aromatic rings. The molecule has 3 amide bonds. The predicted molar refractivity (Wildman–Crippen MR) is 68.8 cm³/mol. The first-order valence-corrected chi connectivity index (χ1v) is 6.67. The van der Waals surface area contributed by atoms with Gasteiger partial charge in [-0.15, -0.1) is 0 Å². The molecule has 2 rings (SSSR count). The van der Waals surface area contributed by atoms with Gasteiger partial charge in [0.05, 0.1) is 11.4 Å². The van der Waals surface area contributed by atoms with Crippen LogP contribution in [-0.4, -0.2) is 33.0 Å². The van der Waals surface area contributed by atoms with Crippen LogP contribution in [0, 0.1) is 0 Å². The zero-order valence-electron chi connectivity index (χ0n) is 10.1. The third-order valence-corrected chi connectivity index (χ3v) is 3.78. The lowest BCUT2D eigenvalue weighted by molar-refractivity contribution is -0.139. The first-order valence-electron chi connectivity index (χ1n) is 5.79. The highest BCUT2D eigenvalue weighted by Crippen LogP contribution is 2.29. The smallest absolute Gasteiger partial charge is 0.230 e. The van der Waals surface area contributed by atoms with E-state index in [9.17, 15) is 14.4 Å². The molecule has 0 bridgehead atoms. The molecule has 100 valence electrons. The van der Waals surface area contributed by atoms with Crippen LogP contribution < -0.4 is 5.73 Å².